The number of hydrogen-bond donors (Lipinski definition) is 1. The molecule has 2 aliphatic rings. The smallest absolute Gasteiger partial charge is 0.0664 e. The van der Waals surface area contributed by atoms with Crippen molar-refractivity contribution >= 4 is 0 Å². The summed E-state index contributed by atoms with van der Waals surface area (Å²) in [4.78, 5) is 0. The molecule has 2 unspecified atom stereocenters. The molecule has 0 aromatic rings. The Morgan fingerprint density at radius 2 is 1.88 bits per heavy atom. The summed E-state index contributed by atoms with van der Waals surface area (Å²) in [7, 11) is 0. The van der Waals surface area contributed by atoms with Gasteiger partial charge in [-0.25, -0.2) is 0 Å². The van der Waals surface area contributed by atoms with E-state index in [9.17, 15) is 0 Å². The first-order chi connectivity index (χ1) is 7.73. The molecule has 94 valence electrons. The van der Waals surface area contributed by atoms with Crippen LogP contribution in [0.2, 0.25) is 0 Å². The van der Waals surface area contributed by atoms with Crippen molar-refractivity contribution in [1.29, 1.82) is 0 Å². The van der Waals surface area contributed by atoms with Crippen LogP contribution in [0.1, 0.15) is 46.0 Å². The Kier molecular flexibility index (Phi) is 3.88. The van der Waals surface area contributed by atoms with Crippen LogP contribution >= 0.6 is 0 Å². The van der Waals surface area contributed by atoms with Crippen molar-refractivity contribution in [2.24, 2.45) is 11.1 Å². The summed E-state index contributed by atoms with van der Waals surface area (Å²) in [5.74, 6) is 0. The highest BCUT2D eigenvalue weighted by molar-refractivity contribution is 5.05. The fourth-order valence-electron chi connectivity index (χ4n) is 3.24. The van der Waals surface area contributed by atoms with Crippen molar-refractivity contribution < 1.29 is 9.47 Å². The molecule has 1 aliphatic heterocycles. The number of rotatable bonds is 4. The Labute approximate surface area is 98.7 Å². The number of hydrogen-bond acceptors (Lipinski definition) is 3. The quantitative estimate of drug-likeness (QED) is 0.800. The fourth-order valence-corrected chi connectivity index (χ4v) is 3.24. The maximum Gasteiger partial charge on any atom is 0.0664 e. The molecule has 1 aliphatic carbocycles. The van der Waals surface area contributed by atoms with E-state index in [2.05, 4.69) is 13.8 Å². The average molecular weight is 227 g/mol. The number of nitrogens with two attached hydrogens (primary N) is 1. The summed E-state index contributed by atoms with van der Waals surface area (Å²) < 4.78 is 11.6. The first kappa shape index (κ1) is 12.3. The normalized spacial score (nSPS) is 34.7. The van der Waals surface area contributed by atoms with Gasteiger partial charge in [0.15, 0.2) is 0 Å². The van der Waals surface area contributed by atoms with Crippen LogP contribution in [-0.4, -0.2) is 31.5 Å². The predicted molar refractivity (Wildman–Crippen MR) is 64.3 cm³/mol. The molecule has 0 aromatic carbocycles. The van der Waals surface area contributed by atoms with Gasteiger partial charge in [0, 0.05) is 24.7 Å². The second kappa shape index (κ2) is 5.03. The van der Waals surface area contributed by atoms with Gasteiger partial charge in [-0.1, -0.05) is 13.8 Å². The van der Waals surface area contributed by atoms with Crippen LogP contribution in [-0.2, 0) is 9.47 Å². The van der Waals surface area contributed by atoms with E-state index >= 15 is 0 Å². The largest absolute Gasteiger partial charge is 0.381 e. The van der Waals surface area contributed by atoms with E-state index in [-0.39, 0.29) is 5.41 Å². The van der Waals surface area contributed by atoms with Crippen LogP contribution in [0.5, 0.6) is 0 Å². The monoisotopic (exact) mass is 227 g/mol. The van der Waals surface area contributed by atoms with Crippen molar-refractivity contribution in [2.75, 3.05) is 13.2 Å². The van der Waals surface area contributed by atoms with Gasteiger partial charge >= 0.3 is 0 Å². The van der Waals surface area contributed by atoms with Gasteiger partial charge in [-0.2, -0.15) is 0 Å². The third-order valence-corrected chi connectivity index (χ3v) is 4.69. The van der Waals surface area contributed by atoms with E-state index in [0.29, 0.717) is 18.2 Å². The second-order valence-electron chi connectivity index (χ2n) is 5.22. The summed E-state index contributed by atoms with van der Waals surface area (Å²) in [6.07, 6.45) is 6.21. The van der Waals surface area contributed by atoms with Crippen LogP contribution in [0.15, 0.2) is 0 Å². The molecule has 2 fully saturated rings. The highest BCUT2D eigenvalue weighted by atomic mass is 16.5. The minimum absolute atomic E-state index is 0.248. The molecule has 0 bridgehead atoms. The van der Waals surface area contributed by atoms with E-state index in [1.54, 1.807) is 0 Å². The van der Waals surface area contributed by atoms with Gasteiger partial charge in [-0.05, 0) is 32.1 Å². The lowest BCUT2D eigenvalue weighted by atomic mass is 9.59. The molecule has 0 aromatic heterocycles. The third-order valence-electron chi connectivity index (χ3n) is 4.69. The van der Waals surface area contributed by atoms with E-state index in [0.717, 1.165) is 45.3 Å². The molecule has 1 saturated heterocycles. The highest BCUT2D eigenvalue weighted by Crippen LogP contribution is 2.48. The average Bonchev–Trinajstić information content (AvgIpc) is 2.32. The van der Waals surface area contributed by atoms with Crippen molar-refractivity contribution in [3.8, 4) is 0 Å². The first-order valence-corrected chi connectivity index (χ1v) is 6.71. The van der Waals surface area contributed by atoms with Crippen molar-refractivity contribution in [3.63, 3.8) is 0 Å². The number of ether oxygens (including phenoxy) is 2. The molecule has 0 amide bonds. The summed E-state index contributed by atoms with van der Waals surface area (Å²) in [5, 5.41) is 0. The minimum Gasteiger partial charge on any atom is -0.381 e. The second-order valence-corrected chi connectivity index (χ2v) is 5.22. The Bertz CT molecular complexity index is 222. The molecule has 1 heterocycles. The molecule has 16 heavy (non-hydrogen) atoms. The predicted octanol–water partition coefficient (Wildman–Crippen LogP) is 2.09. The van der Waals surface area contributed by atoms with Gasteiger partial charge in [-0.3, -0.25) is 0 Å². The molecule has 0 radical (unpaired) electrons. The van der Waals surface area contributed by atoms with Crippen molar-refractivity contribution in [2.45, 2.75) is 64.2 Å². The summed E-state index contributed by atoms with van der Waals surface area (Å²) >= 11 is 0. The van der Waals surface area contributed by atoms with Gasteiger partial charge in [0.2, 0.25) is 0 Å². The van der Waals surface area contributed by atoms with Crippen molar-refractivity contribution in [1.82, 2.24) is 0 Å². The van der Waals surface area contributed by atoms with E-state index in [4.69, 9.17) is 15.2 Å². The standard InChI is InChI=1S/C13H25NO2/c1-3-13(4-2)11(14)9-12(13)16-10-5-7-15-8-6-10/h10-12H,3-9,14H2,1-2H3. The molecule has 2 atom stereocenters. The van der Waals surface area contributed by atoms with Gasteiger partial charge in [-0.15, -0.1) is 0 Å². The molecule has 3 nitrogen and oxygen atoms in total. The first-order valence-electron chi connectivity index (χ1n) is 6.71. The Morgan fingerprint density at radius 3 is 2.38 bits per heavy atom. The van der Waals surface area contributed by atoms with Gasteiger partial charge in [0.05, 0.1) is 12.2 Å². The summed E-state index contributed by atoms with van der Waals surface area (Å²) in [6.45, 7) is 6.19. The minimum atomic E-state index is 0.248. The molecule has 3 heteroatoms. The molecular formula is C13H25NO2. The SMILES string of the molecule is CCC1(CC)C(N)CC1OC1CCOCC1. The molecule has 2 rings (SSSR count). The Balaban J connectivity index is 1.89. The van der Waals surface area contributed by atoms with Gasteiger partial charge in [0.1, 0.15) is 0 Å². The zero-order valence-corrected chi connectivity index (χ0v) is 10.6. The van der Waals surface area contributed by atoms with Crippen LogP contribution in [0, 0.1) is 5.41 Å². The molecule has 0 spiro atoms. The lowest BCUT2D eigenvalue weighted by Crippen LogP contribution is -2.62. The van der Waals surface area contributed by atoms with Gasteiger partial charge in [0.25, 0.3) is 0 Å². The lowest BCUT2D eigenvalue weighted by Gasteiger charge is -2.55. The van der Waals surface area contributed by atoms with E-state index < -0.39 is 0 Å². The van der Waals surface area contributed by atoms with Crippen LogP contribution < -0.4 is 5.73 Å². The van der Waals surface area contributed by atoms with Crippen LogP contribution in [0.3, 0.4) is 0 Å². The Morgan fingerprint density at radius 1 is 1.25 bits per heavy atom. The van der Waals surface area contributed by atoms with Crippen LogP contribution in [0.4, 0.5) is 0 Å². The molecular weight excluding hydrogens is 202 g/mol. The molecule has 1 saturated carbocycles. The zero-order valence-electron chi connectivity index (χ0n) is 10.6. The summed E-state index contributed by atoms with van der Waals surface area (Å²) in [5.41, 5.74) is 6.42. The summed E-state index contributed by atoms with van der Waals surface area (Å²) in [6, 6.07) is 0.340. The Hall–Kier alpha value is -0.120. The van der Waals surface area contributed by atoms with Gasteiger partial charge < -0.3 is 15.2 Å². The third kappa shape index (κ3) is 2.01. The highest BCUT2D eigenvalue weighted by Gasteiger charge is 2.52. The van der Waals surface area contributed by atoms with E-state index in [1.165, 1.54) is 0 Å². The maximum absolute atomic E-state index is 6.24. The zero-order chi connectivity index (χ0) is 11.6. The fraction of sp³-hybridized carbons (Fsp3) is 1.00. The topological polar surface area (TPSA) is 44.5 Å². The van der Waals surface area contributed by atoms with E-state index in [1.807, 2.05) is 0 Å². The van der Waals surface area contributed by atoms with Crippen LogP contribution in [0.25, 0.3) is 0 Å². The lowest BCUT2D eigenvalue weighted by molar-refractivity contribution is -0.174. The van der Waals surface area contributed by atoms with Crippen molar-refractivity contribution in [3.05, 3.63) is 0 Å². The maximum atomic E-state index is 6.24. The molecule has 2 N–H and O–H groups in total.